The van der Waals surface area contributed by atoms with Gasteiger partial charge in [-0.1, -0.05) is 24.3 Å². The zero-order chi connectivity index (χ0) is 17.8. The molecule has 130 valence electrons. The number of thiophene rings is 1. The van der Waals surface area contributed by atoms with Crippen molar-refractivity contribution in [2.24, 2.45) is 0 Å². The summed E-state index contributed by atoms with van der Waals surface area (Å²) in [4.78, 5) is 17.9. The molecular weight excluding hydrogens is 364 g/mol. The predicted octanol–water partition coefficient (Wildman–Crippen LogP) is 3.92. The number of carbonyl (C=O) groups is 1. The van der Waals surface area contributed by atoms with Crippen LogP contribution in [0.5, 0.6) is 0 Å². The van der Waals surface area contributed by atoms with Gasteiger partial charge in [0.1, 0.15) is 5.01 Å². The molecule has 0 atom stereocenters. The first kappa shape index (κ1) is 16.7. The second-order valence-corrected chi connectivity index (χ2v) is 7.51. The summed E-state index contributed by atoms with van der Waals surface area (Å²) in [6.45, 7) is 0.452. The SMILES string of the molecule is O=C(Cc1csc(-c2cccs2)n1)NCc1cnn(-c2ccccc2)c1. The van der Waals surface area contributed by atoms with E-state index >= 15 is 0 Å². The number of nitrogens with zero attached hydrogens (tertiary/aromatic N) is 3. The number of amides is 1. The van der Waals surface area contributed by atoms with Crippen LogP contribution < -0.4 is 5.32 Å². The second kappa shape index (κ2) is 7.63. The molecule has 4 rings (SSSR count). The van der Waals surface area contributed by atoms with Crippen LogP contribution in [0.15, 0.2) is 65.6 Å². The molecule has 1 amide bonds. The average Bonchev–Trinajstić information content (AvgIpc) is 3.41. The smallest absolute Gasteiger partial charge is 0.226 e. The van der Waals surface area contributed by atoms with Gasteiger partial charge in [-0.2, -0.15) is 5.10 Å². The van der Waals surface area contributed by atoms with Gasteiger partial charge in [-0.05, 0) is 23.6 Å². The molecule has 26 heavy (non-hydrogen) atoms. The molecule has 0 aliphatic carbocycles. The third-order valence-corrected chi connectivity index (χ3v) is 5.70. The third-order valence-electron chi connectivity index (χ3n) is 3.77. The average molecular weight is 380 g/mol. The maximum atomic E-state index is 12.2. The highest BCUT2D eigenvalue weighted by molar-refractivity contribution is 7.20. The first-order valence-corrected chi connectivity index (χ1v) is 9.88. The lowest BCUT2D eigenvalue weighted by molar-refractivity contribution is -0.120. The molecular formula is C19H16N4OS2. The van der Waals surface area contributed by atoms with E-state index in [9.17, 15) is 4.79 Å². The molecule has 0 fully saturated rings. The Bertz CT molecular complexity index is 990. The minimum absolute atomic E-state index is 0.0412. The van der Waals surface area contributed by atoms with Gasteiger partial charge in [0.2, 0.25) is 5.91 Å². The van der Waals surface area contributed by atoms with E-state index in [4.69, 9.17) is 0 Å². The molecule has 5 nitrogen and oxygen atoms in total. The van der Waals surface area contributed by atoms with Crippen molar-refractivity contribution in [1.82, 2.24) is 20.1 Å². The lowest BCUT2D eigenvalue weighted by Crippen LogP contribution is -2.24. The van der Waals surface area contributed by atoms with Crippen LogP contribution in [-0.2, 0) is 17.8 Å². The van der Waals surface area contributed by atoms with Gasteiger partial charge in [-0.3, -0.25) is 4.79 Å². The van der Waals surface area contributed by atoms with Crippen molar-refractivity contribution in [1.29, 1.82) is 0 Å². The van der Waals surface area contributed by atoms with Crippen LogP contribution in [0.25, 0.3) is 15.6 Å². The number of benzene rings is 1. The van der Waals surface area contributed by atoms with Crippen LogP contribution >= 0.6 is 22.7 Å². The summed E-state index contributed by atoms with van der Waals surface area (Å²) in [5, 5.41) is 12.2. The first-order chi connectivity index (χ1) is 12.8. The van der Waals surface area contributed by atoms with Crippen LogP contribution in [0, 0.1) is 0 Å². The molecule has 7 heteroatoms. The highest BCUT2D eigenvalue weighted by Gasteiger charge is 2.10. The maximum Gasteiger partial charge on any atom is 0.226 e. The molecule has 3 heterocycles. The van der Waals surface area contributed by atoms with E-state index in [2.05, 4.69) is 15.4 Å². The molecule has 0 aliphatic heterocycles. The number of aromatic nitrogens is 3. The van der Waals surface area contributed by atoms with Crippen LogP contribution in [0.3, 0.4) is 0 Å². The van der Waals surface area contributed by atoms with Crippen LogP contribution in [-0.4, -0.2) is 20.7 Å². The maximum absolute atomic E-state index is 12.2. The van der Waals surface area contributed by atoms with Crippen LogP contribution in [0.2, 0.25) is 0 Å². The van der Waals surface area contributed by atoms with Gasteiger partial charge in [0.15, 0.2) is 0 Å². The minimum Gasteiger partial charge on any atom is -0.352 e. The standard InChI is InChI=1S/C19H16N4OS2/c24-18(9-15-13-26-19(22-15)17-7-4-8-25-17)20-10-14-11-21-23(12-14)16-5-2-1-3-6-16/h1-8,11-13H,9-10H2,(H,20,24). The molecule has 0 unspecified atom stereocenters. The molecule has 0 radical (unpaired) electrons. The Morgan fingerprint density at radius 3 is 2.81 bits per heavy atom. The van der Waals surface area contributed by atoms with E-state index in [0.717, 1.165) is 26.8 Å². The summed E-state index contributed by atoms with van der Waals surface area (Å²) < 4.78 is 1.80. The number of thiazole rings is 1. The van der Waals surface area contributed by atoms with Gasteiger partial charge in [0, 0.05) is 23.7 Å². The molecule has 1 aromatic carbocycles. The van der Waals surface area contributed by atoms with E-state index < -0.39 is 0 Å². The highest BCUT2D eigenvalue weighted by atomic mass is 32.1. The fourth-order valence-electron chi connectivity index (χ4n) is 2.50. The predicted molar refractivity (Wildman–Crippen MR) is 105 cm³/mol. The number of hydrogen-bond acceptors (Lipinski definition) is 5. The summed E-state index contributed by atoms with van der Waals surface area (Å²) >= 11 is 3.22. The van der Waals surface area contributed by atoms with Gasteiger partial charge < -0.3 is 5.32 Å². The Labute approximate surface area is 159 Å². The third kappa shape index (κ3) is 3.89. The highest BCUT2D eigenvalue weighted by Crippen LogP contribution is 2.27. The Kier molecular flexibility index (Phi) is 4.90. The quantitative estimate of drug-likeness (QED) is 0.552. The Morgan fingerprint density at radius 2 is 2.00 bits per heavy atom. The van der Waals surface area contributed by atoms with Crippen LogP contribution in [0.1, 0.15) is 11.3 Å². The molecule has 0 saturated carbocycles. The number of hydrogen-bond donors (Lipinski definition) is 1. The van der Waals surface area contributed by atoms with E-state index in [0.29, 0.717) is 6.54 Å². The van der Waals surface area contributed by atoms with Crippen molar-refractivity contribution in [2.75, 3.05) is 0 Å². The Morgan fingerprint density at radius 1 is 1.12 bits per heavy atom. The van der Waals surface area contributed by atoms with Crippen LogP contribution in [0.4, 0.5) is 0 Å². The van der Waals surface area contributed by atoms with Crippen molar-refractivity contribution in [3.63, 3.8) is 0 Å². The van der Waals surface area contributed by atoms with E-state index in [1.807, 2.05) is 59.4 Å². The second-order valence-electron chi connectivity index (χ2n) is 5.70. The number of para-hydroxylation sites is 1. The molecule has 3 aromatic heterocycles. The summed E-state index contributed by atoms with van der Waals surface area (Å²) in [7, 11) is 0. The van der Waals surface area contributed by atoms with Gasteiger partial charge in [-0.15, -0.1) is 22.7 Å². The zero-order valence-corrected chi connectivity index (χ0v) is 15.5. The number of rotatable bonds is 6. The van der Waals surface area contributed by atoms with Crippen molar-refractivity contribution in [2.45, 2.75) is 13.0 Å². The van der Waals surface area contributed by atoms with Gasteiger partial charge in [0.05, 0.1) is 28.9 Å². The normalized spacial score (nSPS) is 10.8. The largest absolute Gasteiger partial charge is 0.352 e. The monoisotopic (exact) mass is 380 g/mol. The van der Waals surface area contributed by atoms with Crippen molar-refractivity contribution < 1.29 is 4.79 Å². The number of carbonyl (C=O) groups excluding carboxylic acids is 1. The minimum atomic E-state index is -0.0412. The molecule has 0 aliphatic rings. The fourth-order valence-corrected chi connectivity index (χ4v) is 4.14. The summed E-state index contributed by atoms with van der Waals surface area (Å²) in [6.07, 6.45) is 3.98. The van der Waals surface area contributed by atoms with Crippen molar-refractivity contribution >= 4 is 28.6 Å². The topological polar surface area (TPSA) is 59.8 Å². The lowest BCUT2D eigenvalue weighted by Gasteiger charge is -2.02. The van der Waals surface area contributed by atoms with E-state index in [1.165, 1.54) is 0 Å². The first-order valence-electron chi connectivity index (χ1n) is 8.12. The summed E-state index contributed by atoms with van der Waals surface area (Å²) in [5.74, 6) is -0.0412. The molecule has 0 saturated heterocycles. The zero-order valence-electron chi connectivity index (χ0n) is 13.8. The van der Waals surface area contributed by atoms with Gasteiger partial charge in [0.25, 0.3) is 0 Å². The lowest BCUT2D eigenvalue weighted by atomic mass is 10.3. The van der Waals surface area contributed by atoms with Gasteiger partial charge in [-0.25, -0.2) is 9.67 Å². The van der Waals surface area contributed by atoms with Crippen molar-refractivity contribution in [3.05, 3.63) is 76.9 Å². The molecule has 1 N–H and O–H groups in total. The molecule has 4 aromatic rings. The fraction of sp³-hybridized carbons (Fsp3) is 0.105. The van der Waals surface area contributed by atoms with Crippen molar-refractivity contribution in [3.8, 4) is 15.6 Å². The molecule has 0 spiro atoms. The number of nitrogens with one attached hydrogen (secondary N) is 1. The summed E-state index contributed by atoms with van der Waals surface area (Å²) in [6, 6.07) is 13.9. The van der Waals surface area contributed by atoms with Gasteiger partial charge >= 0.3 is 0 Å². The van der Waals surface area contributed by atoms with E-state index in [-0.39, 0.29) is 12.3 Å². The van der Waals surface area contributed by atoms with E-state index in [1.54, 1.807) is 33.6 Å². The molecule has 0 bridgehead atoms. The summed E-state index contributed by atoms with van der Waals surface area (Å²) in [5.41, 5.74) is 2.75. The Hall–Kier alpha value is -2.77. The Balaban J connectivity index is 1.32.